The van der Waals surface area contributed by atoms with Gasteiger partial charge in [0.25, 0.3) is 0 Å². The first-order chi connectivity index (χ1) is 13.4. The Morgan fingerprint density at radius 1 is 1.29 bits per heavy atom. The van der Waals surface area contributed by atoms with Crippen LogP contribution >= 0.6 is 12.6 Å². The summed E-state index contributed by atoms with van der Waals surface area (Å²) in [5.41, 5.74) is 2.76. The van der Waals surface area contributed by atoms with Crippen molar-refractivity contribution in [1.29, 1.82) is 5.26 Å². The smallest absolute Gasteiger partial charge is 0.305 e. The molecule has 1 aromatic carbocycles. The number of carbonyl (C=O) groups excluding carboxylic acids is 1. The molecule has 154 valence electrons. The largest absolute Gasteiger partial charge is 0.493 e. The third-order valence-corrected chi connectivity index (χ3v) is 4.54. The Kier molecular flexibility index (Phi) is 10.5. The quantitative estimate of drug-likeness (QED) is 0.549. The molecule has 0 aliphatic carbocycles. The highest BCUT2D eigenvalue weighted by Crippen LogP contribution is 2.33. The van der Waals surface area contributed by atoms with Gasteiger partial charge in [-0.3, -0.25) is 9.79 Å². The molecular formula is C21H30N2O4S. The third kappa shape index (κ3) is 7.08. The van der Waals surface area contributed by atoms with Crippen molar-refractivity contribution in [3.63, 3.8) is 0 Å². The number of aliphatic imine (C=N–C) groups is 1. The SMILES string of the molecule is CCC(=O)OCCC(C)C.COc1cc2c(cc1OC)C(C(S)C#N)=NCC2. The van der Waals surface area contributed by atoms with Crippen LogP contribution in [0.3, 0.4) is 0 Å². The molecule has 0 radical (unpaired) electrons. The second kappa shape index (κ2) is 12.3. The number of fused-ring (bicyclic) bond motifs is 1. The zero-order valence-electron chi connectivity index (χ0n) is 17.3. The van der Waals surface area contributed by atoms with E-state index in [0.29, 0.717) is 42.7 Å². The first-order valence-corrected chi connectivity index (χ1v) is 9.92. The zero-order valence-corrected chi connectivity index (χ0v) is 18.2. The number of rotatable bonds is 7. The van der Waals surface area contributed by atoms with E-state index in [4.69, 9.17) is 19.5 Å². The normalized spacial score (nSPS) is 13.3. The molecule has 7 heteroatoms. The molecule has 0 aromatic heterocycles. The fourth-order valence-electron chi connectivity index (χ4n) is 2.55. The van der Waals surface area contributed by atoms with Gasteiger partial charge in [0, 0.05) is 18.5 Å². The lowest BCUT2D eigenvalue weighted by Crippen LogP contribution is -2.21. The van der Waals surface area contributed by atoms with Gasteiger partial charge in [0.05, 0.1) is 32.6 Å². The summed E-state index contributed by atoms with van der Waals surface area (Å²) in [6.07, 6.45) is 2.29. The lowest BCUT2D eigenvalue weighted by Gasteiger charge is -2.20. The molecule has 1 heterocycles. The van der Waals surface area contributed by atoms with E-state index < -0.39 is 5.25 Å². The Bertz CT molecular complexity index is 726. The molecule has 28 heavy (non-hydrogen) atoms. The summed E-state index contributed by atoms with van der Waals surface area (Å²) in [6, 6.07) is 5.92. The minimum Gasteiger partial charge on any atom is -0.493 e. The van der Waals surface area contributed by atoms with Crippen LogP contribution < -0.4 is 9.47 Å². The fraction of sp³-hybridized carbons (Fsp3) is 0.571. The molecular weight excluding hydrogens is 376 g/mol. The highest BCUT2D eigenvalue weighted by molar-refractivity contribution is 7.82. The summed E-state index contributed by atoms with van der Waals surface area (Å²) in [7, 11) is 3.20. The standard InChI is InChI=1S/C13H14N2O2S.C8H16O2/c1-16-10-5-8-3-4-15-13(12(18)7-14)9(8)6-11(10)17-2;1-4-8(9)10-6-5-7(2)3/h5-6,12,18H,3-4H2,1-2H3;7H,4-6H2,1-3H3. The first kappa shape index (κ1) is 23.8. The van der Waals surface area contributed by atoms with Gasteiger partial charge in [0.1, 0.15) is 5.25 Å². The van der Waals surface area contributed by atoms with Gasteiger partial charge in [-0.05, 0) is 36.5 Å². The molecule has 2 rings (SSSR count). The van der Waals surface area contributed by atoms with Crippen LogP contribution in [0.4, 0.5) is 0 Å². The second-order valence-electron chi connectivity index (χ2n) is 6.67. The molecule has 0 bridgehead atoms. The highest BCUT2D eigenvalue weighted by atomic mass is 32.1. The van der Waals surface area contributed by atoms with Crippen LogP contribution in [0.15, 0.2) is 17.1 Å². The van der Waals surface area contributed by atoms with Crippen LogP contribution in [-0.4, -0.2) is 44.3 Å². The second-order valence-corrected chi connectivity index (χ2v) is 7.19. The highest BCUT2D eigenvalue weighted by Gasteiger charge is 2.22. The monoisotopic (exact) mass is 406 g/mol. The van der Waals surface area contributed by atoms with E-state index >= 15 is 0 Å². The molecule has 0 saturated heterocycles. The van der Waals surface area contributed by atoms with E-state index in [1.54, 1.807) is 21.1 Å². The molecule has 1 aliphatic heterocycles. The van der Waals surface area contributed by atoms with E-state index in [-0.39, 0.29) is 5.97 Å². The van der Waals surface area contributed by atoms with Crippen molar-refractivity contribution in [3.8, 4) is 17.6 Å². The number of methoxy groups -OCH3 is 2. The summed E-state index contributed by atoms with van der Waals surface area (Å²) in [5.74, 6) is 1.86. The van der Waals surface area contributed by atoms with E-state index in [9.17, 15) is 4.79 Å². The molecule has 0 fully saturated rings. The van der Waals surface area contributed by atoms with Crippen molar-refractivity contribution in [2.24, 2.45) is 10.9 Å². The van der Waals surface area contributed by atoms with Crippen LogP contribution in [0, 0.1) is 17.2 Å². The molecule has 1 unspecified atom stereocenters. The van der Waals surface area contributed by atoms with Gasteiger partial charge in [-0.25, -0.2) is 0 Å². The predicted octanol–water partition coefficient (Wildman–Crippen LogP) is 3.86. The van der Waals surface area contributed by atoms with Crippen molar-refractivity contribution in [2.45, 2.75) is 45.3 Å². The molecule has 0 saturated carbocycles. The Morgan fingerprint density at radius 2 is 1.93 bits per heavy atom. The maximum absolute atomic E-state index is 10.6. The number of nitrogens with zero attached hydrogens (tertiary/aromatic N) is 2. The summed E-state index contributed by atoms with van der Waals surface area (Å²) in [4.78, 5) is 15.0. The Morgan fingerprint density at radius 3 is 2.46 bits per heavy atom. The average Bonchev–Trinajstić information content (AvgIpc) is 2.71. The molecule has 0 spiro atoms. The summed E-state index contributed by atoms with van der Waals surface area (Å²) in [5, 5.41) is 8.46. The van der Waals surface area contributed by atoms with Crippen LogP contribution in [-0.2, 0) is 16.0 Å². The maximum atomic E-state index is 10.6. The van der Waals surface area contributed by atoms with Gasteiger partial charge in [0.15, 0.2) is 11.5 Å². The van der Waals surface area contributed by atoms with Gasteiger partial charge in [-0.2, -0.15) is 17.9 Å². The van der Waals surface area contributed by atoms with Crippen molar-refractivity contribution < 1.29 is 19.0 Å². The van der Waals surface area contributed by atoms with E-state index in [0.717, 1.165) is 24.0 Å². The van der Waals surface area contributed by atoms with Crippen LogP contribution in [0.25, 0.3) is 0 Å². The first-order valence-electron chi connectivity index (χ1n) is 9.40. The number of nitriles is 1. The number of thiol groups is 1. The molecule has 0 N–H and O–H groups in total. The summed E-state index contributed by atoms with van der Waals surface area (Å²) in [6.45, 7) is 7.28. The van der Waals surface area contributed by atoms with Gasteiger partial charge < -0.3 is 14.2 Å². The van der Waals surface area contributed by atoms with Crippen molar-refractivity contribution in [2.75, 3.05) is 27.4 Å². The van der Waals surface area contributed by atoms with E-state index in [1.165, 1.54) is 0 Å². The van der Waals surface area contributed by atoms with Gasteiger partial charge in [0.2, 0.25) is 0 Å². The van der Waals surface area contributed by atoms with Gasteiger partial charge in [-0.15, -0.1) is 0 Å². The van der Waals surface area contributed by atoms with Crippen LogP contribution in [0.2, 0.25) is 0 Å². The number of ether oxygens (including phenoxy) is 3. The summed E-state index contributed by atoms with van der Waals surface area (Å²) < 4.78 is 15.4. The average molecular weight is 407 g/mol. The lowest BCUT2D eigenvalue weighted by atomic mass is 9.95. The van der Waals surface area contributed by atoms with E-state index in [2.05, 4.69) is 37.5 Å². The zero-order chi connectivity index (χ0) is 21.1. The Hall–Kier alpha value is -2.20. The minimum absolute atomic E-state index is 0.0966. The topological polar surface area (TPSA) is 80.9 Å². The fourth-order valence-corrected chi connectivity index (χ4v) is 2.77. The number of esters is 1. The molecule has 1 atom stereocenters. The molecule has 1 aliphatic rings. The van der Waals surface area contributed by atoms with Crippen molar-refractivity contribution in [3.05, 3.63) is 23.3 Å². The van der Waals surface area contributed by atoms with E-state index in [1.807, 2.05) is 12.1 Å². The third-order valence-electron chi connectivity index (χ3n) is 4.18. The van der Waals surface area contributed by atoms with Crippen LogP contribution in [0.5, 0.6) is 11.5 Å². The number of hydrogen-bond donors (Lipinski definition) is 1. The van der Waals surface area contributed by atoms with Crippen molar-refractivity contribution >= 4 is 24.3 Å². The molecule has 0 amide bonds. The lowest BCUT2D eigenvalue weighted by molar-refractivity contribution is -0.143. The predicted molar refractivity (Wildman–Crippen MR) is 114 cm³/mol. The van der Waals surface area contributed by atoms with Crippen molar-refractivity contribution in [1.82, 2.24) is 0 Å². The minimum atomic E-state index is -0.512. The van der Waals surface area contributed by atoms with Gasteiger partial charge in [-0.1, -0.05) is 20.8 Å². The Balaban J connectivity index is 0.000000336. The molecule has 6 nitrogen and oxygen atoms in total. The molecule has 1 aromatic rings. The van der Waals surface area contributed by atoms with Crippen LogP contribution in [0.1, 0.15) is 44.7 Å². The number of carbonyl (C=O) groups is 1. The van der Waals surface area contributed by atoms with Gasteiger partial charge >= 0.3 is 5.97 Å². The Labute approximate surface area is 173 Å². The summed E-state index contributed by atoms with van der Waals surface area (Å²) >= 11 is 4.25. The number of benzene rings is 1. The number of hydrogen-bond acceptors (Lipinski definition) is 7. The maximum Gasteiger partial charge on any atom is 0.305 e.